The van der Waals surface area contributed by atoms with Crippen LogP contribution in [0.15, 0.2) is 35.3 Å². The molecule has 0 radical (unpaired) electrons. The third-order valence-corrected chi connectivity index (χ3v) is 4.58. The molecule has 0 aromatic heterocycles. The van der Waals surface area contributed by atoms with Crippen molar-refractivity contribution in [2.75, 3.05) is 39.8 Å². The summed E-state index contributed by atoms with van der Waals surface area (Å²) in [6.45, 7) is 6.85. The lowest BCUT2D eigenvalue weighted by Gasteiger charge is -2.28. The Hall–Kier alpha value is -0.860. The smallest absolute Gasteiger partial charge is 0.191 e. The van der Waals surface area contributed by atoms with Crippen molar-refractivity contribution in [1.82, 2.24) is 15.5 Å². The first kappa shape index (κ1) is 22.2. The first-order valence-corrected chi connectivity index (χ1v) is 9.12. The number of nitrogens with one attached hydrogen (secondary N) is 2. The molecular formula is C19H33IN4O. The highest BCUT2D eigenvalue weighted by Crippen LogP contribution is 2.16. The number of aliphatic imine (C=N–C) groups is 1. The number of hydrogen-bond acceptors (Lipinski definition) is 3. The number of hydrogen-bond donors (Lipinski definition) is 3. The molecule has 25 heavy (non-hydrogen) atoms. The summed E-state index contributed by atoms with van der Waals surface area (Å²) in [5.41, 5.74) is 0.965. The minimum atomic E-state index is -0.435. The van der Waals surface area contributed by atoms with Crippen molar-refractivity contribution >= 4 is 29.9 Å². The monoisotopic (exact) mass is 460 g/mol. The van der Waals surface area contributed by atoms with E-state index in [1.54, 1.807) is 0 Å². The van der Waals surface area contributed by atoms with Crippen LogP contribution in [0.3, 0.4) is 0 Å². The molecule has 0 amide bonds. The van der Waals surface area contributed by atoms with Gasteiger partial charge in [0.05, 0.1) is 6.10 Å². The number of halogens is 1. The first-order chi connectivity index (χ1) is 11.7. The van der Waals surface area contributed by atoms with E-state index in [4.69, 9.17) is 4.99 Å². The summed E-state index contributed by atoms with van der Waals surface area (Å²) in [7, 11) is 2.18. The van der Waals surface area contributed by atoms with Crippen molar-refractivity contribution in [3.05, 3.63) is 35.9 Å². The van der Waals surface area contributed by atoms with E-state index < -0.39 is 6.10 Å². The van der Waals surface area contributed by atoms with Gasteiger partial charge in [-0.1, -0.05) is 30.3 Å². The maximum atomic E-state index is 10.2. The maximum absolute atomic E-state index is 10.2. The Morgan fingerprint density at radius 2 is 1.92 bits per heavy atom. The molecule has 1 unspecified atom stereocenters. The largest absolute Gasteiger partial charge is 0.388 e. The second-order valence-corrected chi connectivity index (χ2v) is 6.61. The van der Waals surface area contributed by atoms with E-state index >= 15 is 0 Å². The number of rotatable bonds is 7. The molecule has 1 aromatic rings. The molecule has 1 heterocycles. The van der Waals surface area contributed by atoms with Crippen molar-refractivity contribution in [2.24, 2.45) is 10.9 Å². The molecule has 1 aliphatic heterocycles. The third kappa shape index (κ3) is 8.37. The first-order valence-electron chi connectivity index (χ1n) is 9.12. The number of guanidine groups is 1. The highest BCUT2D eigenvalue weighted by atomic mass is 127. The molecular weight excluding hydrogens is 427 g/mol. The fourth-order valence-electron chi connectivity index (χ4n) is 2.98. The summed E-state index contributed by atoms with van der Waals surface area (Å²) in [5, 5.41) is 16.8. The Balaban J connectivity index is 0.00000312. The molecule has 142 valence electrons. The number of aliphatic hydroxyl groups is 1. The van der Waals surface area contributed by atoms with Gasteiger partial charge in [-0.05, 0) is 57.8 Å². The maximum Gasteiger partial charge on any atom is 0.191 e. The normalized spacial score (nSPS) is 17.6. The number of likely N-dealkylation sites (tertiary alicyclic amines) is 1. The molecule has 0 saturated carbocycles. The molecule has 1 saturated heterocycles. The molecule has 6 heteroatoms. The predicted octanol–water partition coefficient (Wildman–Crippen LogP) is 2.63. The van der Waals surface area contributed by atoms with E-state index in [-0.39, 0.29) is 24.0 Å². The lowest BCUT2D eigenvalue weighted by Crippen LogP contribution is -2.39. The summed E-state index contributed by atoms with van der Waals surface area (Å²) in [5.74, 6) is 1.54. The van der Waals surface area contributed by atoms with E-state index in [2.05, 4.69) is 29.5 Å². The molecule has 0 spiro atoms. The fourth-order valence-corrected chi connectivity index (χ4v) is 2.98. The van der Waals surface area contributed by atoms with E-state index in [1.807, 2.05) is 30.3 Å². The highest BCUT2D eigenvalue weighted by Gasteiger charge is 2.16. The summed E-state index contributed by atoms with van der Waals surface area (Å²) >= 11 is 0. The molecule has 1 aliphatic rings. The predicted molar refractivity (Wildman–Crippen MR) is 116 cm³/mol. The molecule has 1 atom stereocenters. The van der Waals surface area contributed by atoms with Crippen molar-refractivity contribution in [1.29, 1.82) is 0 Å². The van der Waals surface area contributed by atoms with Gasteiger partial charge in [-0.25, -0.2) is 0 Å². The van der Waals surface area contributed by atoms with Crippen LogP contribution in [0, 0.1) is 5.92 Å². The van der Waals surface area contributed by atoms with Gasteiger partial charge in [-0.2, -0.15) is 0 Å². The Morgan fingerprint density at radius 1 is 1.24 bits per heavy atom. The third-order valence-electron chi connectivity index (χ3n) is 4.58. The molecule has 5 nitrogen and oxygen atoms in total. The topological polar surface area (TPSA) is 59.9 Å². The zero-order valence-electron chi connectivity index (χ0n) is 15.4. The van der Waals surface area contributed by atoms with Crippen molar-refractivity contribution in [3.8, 4) is 0 Å². The zero-order chi connectivity index (χ0) is 17.2. The van der Waals surface area contributed by atoms with Crippen LogP contribution in [-0.2, 0) is 0 Å². The zero-order valence-corrected chi connectivity index (χ0v) is 17.8. The lowest BCUT2D eigenvalue weighted by molar-refractivity contribution is 0.168. The van der Waals surface area contributed by atoms with E-state index in [0.29, 0.717) is 18.9 Å². The van der Waals surface area contributed by atoms with Crippen LogP contribution in [0.1, 0.15) is 37.9 Å². The Morgan fingerprint density at radius 3 is 2.56 bits per heavy atom. The molecule has 0 bridgehead atoms. The highest BCUT2D eigenvalue weighted by molar-refractivity contribution is 14.0. The standard InChI is InChI=1S/C19H32N4O.HI/c1-3-20-19(22-15-16-10-13-23(2)14-11-16)21-12-9-18(24)17-7-5-4-6-8-17;/h4-8,16,18,24H,3,9-15H2,1-2H3,(H2,20,21,22);1H. The molecule has 1 fully saturated rings. The lowest BCUT2D eigenvalue weighted by atomic mass is 9.97. The molecule has 2 rings (SSSR count). The van der Waals surface area contributed by atoms with Crippen LogP contribution in [0.5, 0.6) is 0 Å². The fraction of sp³-hybridized carbons (Fsp3) is 0.632. The summed E-state index contributed by atoms with van der Waals surface area (Å²) in [6, 6.07) is 9.81. The quantitative estimate of drug-likeness (QED) is 0.333. The minimum Gasteiger partial charge on any atom is -0.388 e. The second-order valence-electron chi connectivity index (χ2n) is 6.61. The van der Waals surface area contributed by atoms with Crippen LogP contribution in [0.2, 0.25) is 0 Å². The van der Waals surface area contributed by atoms with Gasteiger partial charge in [0.25, 0.3) is 0 Å². The summed E-state index contributed by atoms with van der Waals surface area (Å²) in [4.78, 5) is 7.11. The molecule has 0 aliphatic carbocycles. The van der Waals surface area contributed by atoms with Gasteiger partial charge < -0.3 is 20.6 Å². The number of nitrogens with zero attached hydrogens (tertiary/aromatic N) is 2. The van der Waals surface area contributed by atoms with E-state index in [0.717, 1.165) is 24.6 Å². The number of benzene rings is 1. The molecule has 3 N–H and O–H groups in total. The van der Waals surface area contributed by atoms with Crippen molar-refractivity contribution in [3.63, 3.8) is 0 Å². The second kappa shape index (κ2) is 12.5. The van der Waals surface area contributed by atoms with Gasteiger partial charge in [0.2, 0.25) is 0 Å². The Kier molecular flexibility index (Phi) is 11.1. The Labute approximate surface area is 169 Å². The van der Waals surface area contributed by atoms with Crippen molar-refractivity contribution < 1.29 is 5.11 Å². The average Bonchev–Trinajstić information content (AvgIpc) is 2.61. The SMILES string of the molecule is CCNC(=NCC1CCN(C)CC1)NCCC(O)c1ccccc1.I. The van der Waals surface area contributed by atoms with Gasteiger partial charge in [0.15, 0.2) is 5.96 Å². The van der Waals surface area contributed by atoms with Gasteiger partial charge in [0, 0.05) is 19.6 Å². The van der Waals surface area contributed by atoms with Crippen LogP contribution >= 0.6 is 24.0 Å². The van der Waals surface area contributed by atoms with Crippen LogP contribution < -0.4 is 10.6 Å². The minimum absolute atomic E-state index is 0. The average molecular weight is 460 g/mol. The van der Waals surface area contributed by atoms with Gasteiger partial charge in [0.1, 0.15) is 0 Å². The van der Waals surface area contributed by atoms with Crippen LogP contribution in [0.4, 0.5) is 0 Å². The van der Waals surface area contributed by atoms with Crippen molar-refractivity contribution in [2.45, 2.75) is 32.3 Å². The van der Waals surface area contributed by atoms with Gasteiger partial charge in [-0.15, -0.1) is 24.0 Å². The summed E-state index contributed by atoms with van der Waals surface area (Å²) in [6.07, 6.45) is 2.69. The number of aliphatic hydroxyl groups excluding tert-OH is 1. The van der Waals surface area contributed by atoms with Crippen LogP contribution in [-0.4, -0.2) is 55.7 Å². The van der Waals surface area contributed by atoms with Gasteiger partial charge >= 0.3 is 0 Å². The van der Waals surface area contributed by atoms with Gasteiger partial charge in [-0.3, -0.25) is 4.99 Å². The van der Waals surface area contributed by atoms with Crippen LogP contribution in [0.25, 0.3) is 0 Å². The Bertz CT molecular complexity index is 489. The number of piperidine rings is 1. The van der Waals surface area contributed by atoms with E-state index in [9.17, 15) is 5.11 Å². The van der Waals surface area contributed by atoms with E-state index in [1.165, 1.54) is 25.9 Å². The molecule has 1 aromatic carbocycles. The summed E-state index contributed by atoms with van der Waals surface area (Å²) < 4.78 is 0.